The summed E-state index contributed by atoms with van der Waals surface area (Å²) in [5.74, 6) is -0.331. The van der Waals surface area contributed by atoms with E-state index in [1.807, 2.05) is 12.1 Å². The molecule has 0 aliphatic rings. The molecule has 4 rings (SSSR count). The minimum absolute atomic E-state index is 0.228. The minimum Gasteiger partial charge on any atom is -0.465 e. The molecule has 0 aliphatic heterocycles. The Hall–Kier alpha value is -4.25. The summed E-state index contributed by atoms with van der Waals surface area (Å²) in [6.45, 7) is 0. The van der Waals surface area contributed by atoms with Crippen molar-refractivity contribution in [2.45, 2.75) is 4.90 Å². The second-order valence-electron chi connectivity index (χ2n) is 6.69. The Bertz CT molecular complexity index is 1450. The summed E-state index contributed by atoms with van der Waals surface area (Å²) in [5.41, 5.74) is 3.34. The van der Waals surface area contributed by atoms with Gasteiger partial charge in [0.1, 0.15) is 11.5 Å². The third kappa shape index (κ3) is 4.27. The molecular weight excluding hydrogens is 439 g/mol. The number of nitrogens with one attached hydrogen (secondary N) is 2. The van der Waals surface area contributed by atoms with E-state index in [9.17, 15) is 22.4 Å². The first-order valence-electron chi connectivity index (χ1n) is 9.13. The van der Waals surface area contributed by atoms with Gasteiger partial charge in [0.25, 0.3) is 10.0 Å². The number of hydrogen-bond donors (Lipinski definition) is 3. The number of rotatable bonds is 4. The second kappa shape index (κ2) is 8.12. The highest BCUT2D eigenvalue weighted by Gasteiger charge is 2.20. The van der Waals surface area contributed by atoms with Crippen molar-refractivity contribution in [1.82, 2.24) is 19.4 Å². The maximum Gasteiger partial charge on any atom is 0.412 e. The number of sulfonamides is 1. The Morgan fingerprint density at radius 2 is 1.72 bits per heavy atom. The molecule has 0 saturated carbocycles. The minimum atomic E-state index is -4.30. The average Bonchev–Trinajstić information content (AvgIpc) is 3.16. The molecular formula is C21H15FN4O5S. The molecule has 9 nitrogen and oxygen atoms in total. The van der Waals surface area contributed by atoms with E-state index >= 15 is 0 Å². The molecule has 162 valence electrons. The number of urea groups is 1. The Kier molecular flexibility index (Phi) is 5.33. The van der Waals surface area contributed by atoms with Crippen molar-refractivity contribution in [2.24, 2.45) is 0 Å². The fourth-order valence-electron chi connectivity index (χ4n) is 3.14. The smallest absolute Gasteiger partial charge is 0.412 e. The van der Waals surface area contributed by atoms with Crippen LogP contribution >= 0.6 is 0 Å². The van der Waals surface area contributed by atoms with Crippen molar-refractivity contribution in [3.05, 3.63) is 78.9 Å². The van der Waals surface area contributed by atoms with E-state index in [2.05, 4.69) is 4.98 Å². The van der Waals surface area contributed by atoms with Crippen LogP contribution in [0.2, 0.25) is 0 Å². The van der Waals surface area contributed by atoms with Gasteiger partial charge in [0, 0.05) is 11.8 Å². The first kappa shape index (κ1) is 21.0. The number of imidazole rings is 1. The summed E-state index contributed by atoms with van der Waals surface area (Å²) in [6, 6.07) is 14.1. The number of aromatic nitrogens is 2. The maximum absolute atomic E-state index is 13.2. The topological polar surface area (TPSA) is 130 Å². The van der Waals surface area contributed by atoms with E-state index < -0.39 is 22.1 Å². The molecule has 0 radical (unpaired) electrons. The molecule has 0 aliphatic carbocycles. The van der Waals surface area contributed by atoms with E-state index in [4.69, 9.17) is 5.11 Å². The van der Waals surface area contributed by atoms with Gasteiger partial charge in [-0.3, -0.25) is 4.40 Å². The predicted octanol–water partition coefficient (Wildman–Crippen LogP) is 3.47. The molecule has 0 fully saturated rings. The van der Waals surface area contributed by atoms with Crippen molar-refractivity contribution in [2.75, 3.05) is 0 Å². The van der Waals surface area contributed by atoms with Crippen LogP contribution in [0.1, 0.15) is 0 Å². The maximum atomic E-state index is 13.2. The van der Waals surface area contributed by atoms with Gasteiger partial charge in [-0.25, -0.2) is 37.4 Å². The molecule has 2 heterocycles. The molecule has 0 bridgehead atoms. The van der Waals surface area contributed by atoms with Crippen molar-refractivity contribution >= 4 is 27.8 Å². The summed E-state index contributed by atoms with van der Waals surface area (Å²) in [6.07, 6.45) is 1.65. The van der Waals surface area contributed by atoms with Gasteiger partial charge in [0.2, 0.25) is 0 Å². The van der Waals surface area contributed by atoms with Crippen LogP contribution in [0.5, 0.6) is 0 Å². The van der Waals surface area contributed by atoms with E-state index in [0.29, 0.717) is 16.9 Å². The third-order valence-electron chi connectivity index (χ3n) is 4.58. The lowest BCUT2D eigenvalue weighted by atomic mass is 10.1. The van der Waals surface area contributed by atoms with Gasteiger partial charge in [-0.15, -0.1) is 0 Å². The van der Waals surface area contributed by atoms with Crippen LogP contribution in [-0.2, 0) is 10.0 Å². The molecule has 2 aromatic carbocycles. The van der Waals surface area contributed by atoms with Gasteiger partial charge >= 0.3 is 12.1 Å². The highest BCUT2D eigenvalue weighted by atomic mass is 32.2. The van der Waals surface area contributed by atoms with Crippen molar-refractivity contribution in [3.63, 3.8) is 0 Å². The van der Waals surface area contributed by atoms with Gasteiger partial charge in [-0.2, -0.15) is 0 Å². The van der Waals surface area contributed by atoms with Gasteiger partial charge in [0.05, 0.1) is 16.8 Å². The Labute approximate surface area is 181 Å². The number of carbonyl (C=O) groups is 2. The molecule has 0 saturated heterocycles. The van der Waals surface area contributed by atoms with Gasteiger partial charge < -0.3 is 5.11 Å². The summed E-state index contributed by atoms with van der Waals surface area (Å²) in [5, 5.41) is 9.94. The molecule has 3 amide bonds. The third-order valence-corrected chi connectivity index (χ3v) is 5.91. The number of imide groups is 1. The first-order chi connectivity index (χ1) is 15.2. The molecule has 0 unspecified atom stereocenters. The standard InChI is InChI=1S/C21H15FN4O5S/c22-16-6-4-13(5-7-16)14-8-9-26-18(12-23-19(26)11-14)15-2-1-3-17(10-15)32(30,31)25-20(27)24-21(28)29/h1-12H,(H,28,29)(H2,24,25,27). The van der Waals surface area contributed by atoms with E-state index in [-0.39, 0.29) is 10.7 Å². The van der Waals surface area contributed by atoms with Crippen LogP contribution in [0.15, 0.2) is 78.0 Å². The number of carboxylic acid groups (broad SMARTS) is 1. The predicted molar refractivity (Wildman–Crippen MR) is 113 cm³/mol. The lowest BCUT2D eigenvalue weighted by molar-refractivity contribution is 0.193. The largest absolute Gasteiger partial charge is 0.465 e. The monoisotopic (exact) mass is 454 g/mol. The van der Waals surface area contributed by atoms with E-state index in [1.165, 1.54) is 35.6 Å². The quantitative estimate of drug-likeness (QED) is 0.433. The zero-order valence-electron chi connectivity index (χ0n) is 16.2. The van der Waals surface area contributed by atoms with Crippen LogP contribution in [0, 0.1) is 5.82 Å². The molecule has 4 aromatic rings. The number of carbonyl (C=O) groups excluding carboxylic acids is 1. The van der Waals surface area contributed by atoms with E-state index in [1.54, 1.807) is 39.7 Å². The zero-order valence-corrected chi connectivity index (χ0v) is 17.0. The summed E-state index contributed by atoms with van der Waals surface area (Å²) in [4.78, 5) is 26.1. The normalized spacial score (nSPS) is 11.3. The highest BCUT2D eigenvalue weighted by molar-refractivity contribution is 7.90. The summed E-state index contributed by atoms with van der Waals surface area (Å²) >= 11 is 0. The molecule has 32 heavy (non-hydrogen) atoms. The van der Waals surface area contributed by atoms with Gasteiger partial charge in [0.15, 0.2) is 0 Å². The van der Waals surface area contributed by atoms with Crippen LogP contribution in [0.4, 0.5) is 14.0 Å². The lowest BCUT2D eigenvalue weighted by Crippen LogP contribution is -2.41. The number of nitrogens with zero attached hydrogens (tertiary/aromatic N) is 2. The Balaban J connectivity index is 1.67. The fourth-order valence-corrected chi connectivity index (χ4v) is 4.10. The number of amides is 3. The number of halogens is 1. The Morgan fingerprint density at radius 1 is 0.969 bits per heavy atom. The van der Waals surface area contributed by atoms with Crippen LogP contribution in [0.3, 0.4) is 0 Å². The lowest BCUT2D eigenvalue weighted by Gasteiger charge is -2.09. The average molecular weight is 454 g/mol. The molecule has 11 heteroatoms. The highest BCUT2D eigenvalue weighted by Crippen LogP contribution is 2.26. The van der Waals surface area contributed by atoms with Gasteiger partial charge in [-0.1, -0.05) is 24.3 Å². The molecule has 2 aromatic heterocycles. The SMILES string of the molecule is O=C(O)NC(=O)NS(=O)(=O)c1cccc(-c2cnc3cc(-c4ccc(F)cc4)ccn23)c1. The fraction of sp³-hybridized carbons (Fsp3) is 0. The van der Waals surface area contributed by atoms with Crippen LogP contribution < -0.4 is 10.0 Å². The summed E-state index contributed by atoms with van der Waals surface area (Å²) < 4.78 is 41.4. The van der Waals surface area contributed by atoms with Crippen LogP contribution in [0.25, 0.3) is 28.0 Å². The number of pyridine rings is 1. The molecule has 0 atom stereocenters. The number of hydrogen-bond acceptors (Lipinski definition) is 5. The zero-order chi connectivity index (χ0) is 22.9. The number of benzene rings is 2. The molecule has 0 spiro atoms. The van der Waals surface area contributed by atoms with Crippen molar-refractivity contribution < 1.29 is 27.5 Å². The van der Waals surface area contributed by atoms with Crippen LogP contribution in [-0.4, -0.2) is 35.0 Å². The van der Waals surface area contributed by atoms with Crippen molar-refractivity contribution in [1.29, 1.82) is 0 Å². The Morgan fingerprint density at radius 3 is 2.44 bits per heavy atom. The first-order valence-corrected chi connectivity index (χ1v) is 10.6. The summed E-state index contributed by atoms with van der Waals surface area (Å²) in [7, 11) is -4.30. The van der Waals surface area contributed by atoms with Gasteiger partial charge in [-0.05, 0) is 47.5 Å². The second-order valence-corrected chi connectivity index (χ2v) is 8.37. The molecule has 3 N–H and O–H groups in total. The van der Waals surface area contributed by atoms with E-state index in [0.717, 1.165) is 11.1 Å². The number of fused-ring (bicyclic) bond motifs is 1. The van der Waals surface area contributed by atoms with Crippen molar-refractivity contribution in [3.8, 4) is 22.4 Å².